The zero-order valence-corrected chi connectivity index (χ0v) is 12.8. The van der Waals surface area contributed by atoms with Crippen LogP contribution >= 0.6 is 15.9 Å². The average molecular weight is 334 g/mol. The van der Waals surface area contributed by atoms with Crippen LogP contribution in [0.5, 0.6) is 0 Å². The Morgan fingerprint density at radius 2 is 1.80 bits per heavy atom. The first-order valence-corrected chi connectivity index (χ1v) is 7.13. The summed E-state index contributed by atoms with van der Waals surface area (Å²) < 4.78 is 1.05. The Morgan fingerprint density at radius 3 is 2.40 bits per heavy atom. The monoisotopic (exact) mass is 333 g/mol. The van der Waals surface area contributed by atoms with E-state index in [1.54, 1.807) is 0 Å². The lowest BCUT2D eigenvalue weighted by atomic mass is 10.1. The lowest BCUT2D eigenvalue weighted by Gasteiger charge is -2.09. The van der Waals surface area contributed by atoms with Gasteiger partial charge in [-0.15, -0.1) is 0 Å². The minimum absolute atomic E-state index is 0.0680. The van der Waals surface area contributed by atoms with E-state index in [-0.39, 0.29) is 6.42 Å². The number of hydrogen-bond donors (Lipinski definition) is 2. The summed E-state index contributed by atoms with van der Waals surface area (Å²) in [4.78, 5) is 10.6. The molecule has 0 spiro atoms. The van der Waals surface area contributed by atoms with Gasteiger partial charge in [-0.25, -0.2) is 0 Å². The van der Waals surface area contributed by atoms with Crippen molar-refractivity contribution in [2.75, 3.05) is 5.32 Å². The summed E-state index contributed by atoms with van der Waals surface area (Å²) in [6.45, 7) is 2.76. The third-order valence-corrected chi connectivity index (χ3v) is 3.37. The highest BCUT2D eigenvalue weighted by Gasteiger charge is 2.01. The lowest BCUT2D eigenvalue weighted by molar-refractivity contribution is -0.136. The molecule has 20 heavy (non-hydrogen) atoms. The van der Waals surface area contributed by atoms with Gasteiger partial charge in [-0.05, 0) is 41.8 Å². The average Bonchev–Trinajstić information content (AvgIpc) is 2.36. The van der Waals surface area contributed by atoms with Crippen molar-refractivity contribution >= 4 is 27.6 Å². The zero-order chi connectivity index (χ0) is 14.5. The van der Waals surface area contributed by atoms with E-state index in [9.17, 15) is 4.79 Å². The number of rotatable bonds is 5. The van der Waals surface area contributed by atoms with E-state index < -0.39 is 5.97 Å². The van der Waals surface area contributed by atoms with Gasteiger partial charge in [0.15, 0.2) is 0 Å². The van der Waals surface area contributed by atoms with Crippen LogP contribution in [0, 0.1) is 6.92 Å². The first-order chi connectivity index (χ1) is 9.52. The second-order valence-corrected chi connectivity index (χ2v) is 5.67. The fourth-order valence-corrected chi connectivity index (χ4v) is 2.60. The van der Waals surface area contributed by atoms with Gasteiger partial charge in [-0.2, -0.15) is 0 Å². The number of carbonyl (C=O) groups is 1. The van der Waals surface area contributed by atoms with Crippen molar-refractivity contribution < 1.29 is 9.90 Å². The molecule has 0 aliphatic heterocycles. The molecule has 0 heterocycles. The maximum absolute atomic E-state index is 10.6. The molecule has 0 atom stereocenters. The van der Waals surface area contributed by atoms with E-state index >= 15 is 0 Å². The molecule has 0 unspecified atom stereocenters. The second-order valence-electron chi connectivity index (χ2n) is 4.76. The minimum Gasteiger partial charge on any atom is -0.481 e. The third-order valence-electron chi connectivity index (χ3n) is 2.92. The molecule has 0 bridgehead atoms. The first-order valence-electron chi connectivity index (χ1n) is 6.33. The fourth-order valence-electron chi connectivity index (χ4n) is 1.99. The molecule has 2 aromatic carbocycles. The molecule has 4 heteroatoms. The van der Waals surface area contributed by atoms with Gasteiger partial charge in [0.1, 0.15) is 0 Å². The topological polar surface area (TPSA) is 49.3 Å². The molecule has 0 amide bonds. The van der Waals surface area contributed by atoms with Crippen LogP contribution < -0.4 is 5.32 Å². The van der Waals surface area contributed by atoms with Gasteiger partial charge in [-0.1, -0.05) is 40.2 Å². The maximum Gasteiger partial charge on any atom is 0.307 e. The van der Waals surface area contributed by atoms with Gasteiger partial charge in [0.05, 0.1) is 6.42 Å². The molecular formula is C16H16BrNO2. The molecule has 0 aromatic heterocycles. The number of benzene rings is 2. The number of hydrogen-bond acceptors (Lipinski definition) is 2. The van der Waals surface area contributed by atoms with Gasteiger partial charge in [-0.3, -0.25) is 4.79 Å². The Bertz CT molecular complexity index is 588. The fraction of sp³-hybridized carbons (Fsp3) is 0.188. The number of carboxylic acids is 1. The van der Waals surface area contributed by atoms with Crippen LogP contribution in [0.3, 0.4) is 0 Å². The summed E-state index contributed by atoms with van der Waals surface area (Å²) >= 11 is 3.48. The standard InChI is InChI=1S/C16H16BrNO2/c1-11-6-14(17)9-15(7-11)18-10-13-4-2-12(3-5-13)8-16(19)20/h2-7,9,18H,8,10H2,1H3,(H,19,20). The summed E-state index contributed by atoms with van der Waals surface area (Å²) in [5, 5.41) is 12.1. The highest BCUT2D eigenvalue weighted by atomic mass is 79.9. The molecule has 104 valence electrons. The molecular weight excluding hydrogens is 318 g/mol. The van der Waals surface area contributed by atoms with Crippen molar-refractivity contribution in [1.82, 2.24) is 0 Å². The van der Waals surface area contributed by atoms with E-state index in [0.717, 1.165) is 21.3 Å². The predicted molar refractivity (Wildman–Crippen MR) is 84.0 cm³/mol. The summed E-state index contributed by atoms with van der Waals surface area (Å²) in [6.07, 6.45) is 0.0680. The highest BCUT2D eigenvalue weighted by Crippen LogP contribution is 2.19. The van der Waals surface area contributed by atoms with Crippen LogP contribution in [-0.2, 0) is 17.8 Å². The third kappa shape index (κ3) is 4.38. The number of carboxylic acid groups (broad SMARTS) is 1. The van der Waals surface area contributed by atoms with E-state index in [4.69, 9.17) is 5.11 Å². The van der Waals surface area contributed by atoms with Crippen molar-refractivity contribution in [2.45, 2.75) is 19.9 Å². The Labute approximate surface area is 126 Å². The number of aryl methyl sites for hydroxylation is 1. The summed E-state index contributed by atoms with van der Waals surface area (Å²) in [7, 11) is 0. The number of nitrogens with one attached hydrogen (secondary N) is 1. The molecule has 0 fully saturated rings. The van der Waals surface area contributed by atoms with E-state index in [0.29, 0.717) is 6.54 Å². The van der Waals surface area contributed by atoms with Crippen molar-refractivity contribution in [3.05, 3.63) is 63.6 Å². The maximum atomic E-state index is 10.6. The molecule has 0 aliphatic rings. The van der Waals surface area contributed by atoms with Crippen LogP contribution in [0.25, 0.3) is 0 Å². The number of aliphatic carboxylic acids is 1. The van der Waals surface area contributed by atoms with Crippen molar-refractivity contribution in [2.24, 2.45) is 0 Å². The smallest absolute Gasteiger partial charge is 0.307 e. The molecule has 0 aliphatic carbocycles. The number of halogens is 1. The molecule has 3 nitrogen and oxygen atoms in total. The second kappa shape index (κ2) is 6.57. The molecule has 0 radical (unpaired) electrons. The van der Waals surface area contributed by atoms with Crippen LogP contribution in [0.2, 0.25) is 0 Å². The largest absolute Gasteiger partial charge is 0.481 e. The Balaban J connectivity index is 1.98. The van der Waals surface area contributed by atoms with Crippen molar-refractivity contribution in [3.8, 4) is 0 Å². The van der Waals surface area contributed by atoms with E-state index in [2.05, 4.69) is 40.3 Å². The lowest BCUT2D eigenvalue weighted by Crippen LogP contribution is -2.02. The van der Waals surface area contributed by atoms with Gasteiger partial charge < -0.3 is 10.4 Å². The van der Waals surface area contributed by atoms with Crippen LogP contribution in [0.4, 0.5) is 5.69 Å². The zero-order valence-electron chi connectivity index (χ0n) is 11.2. The minimum atomic E-state index is -0.805. The van der Waals surface area contributed by atoms with Crippen LogP contribution in [-0.4, -0.2) is 11.1 Å². The molecule has 2 aromatic rings. The number of anilines is 1. The molecule has 2 N–H and O–H groups in total. The molecule has 0 saturated heterocycles. The Kier molecular flexibility index (Phi) is 4.79. The first kappa shape index (κ1) is 14.6. The van der Waals surface area contributed by atoms with Crippen molar-refractivity contribution in [3.63, 3.8) is 0 Å². The van der Waals surface area contributed by atoms with E-state index in [1.807, 2.05) is 30.3 Å². The highest BCUT2D eigenvalue weighted by molar-refractivity contribution is 9.10. The van der Waals surface area contributed by atoms with E-state index in [1.165, 1.54) is 5.56 Å². The Morgan fingerprint density at radius 1 is 1.15 bits per heavy atom. The SMILES string of the molecule is Cc1cc(Br)cc(NCc2ccc(CC(=O)O)cc2)c1. The van der Waals surface area contributed by atoms with Crippen LogP contribution in [0.1, 0.15) is 16.7 Å². The molecule has 2 rings (SSSR count). The van der Waals surface area contributed by atoms with Crippen molar-refractivity contribution in [1.29, 1.82) is 0 Å². The van der Waals surface area contributed by atoms with Gasteiger partial charge in [0.2, 0.25) is 0 Å². The predicted octanol–water partition coefficient (Wildman–Crippen LogP) is 4.00. The summed E-state index contributed by atoms with van der Waals surface area (Å²) in [6, 6.07) is 13.8. The summed E-state index contributed by atoms with van der Waals surface area (Å²) in [5.74, 6) is -0.805. The van der Waals surface area contributed by atoms with Crippen LogP contribution in [0.15, 0.2) is 46.9 Å². The molecule has 0 saturated carbocycles. The van der Waals surface area contributed by atoms with Gasteiger partial charge in [0.25, 0.3) is 0 Å². The normalized spacial score (nSPS) is 10.3. The van der Waals surface area contributed by atoms with Gasteiger partial charge in [0, 0.05) is 16.7 Å². The quantitative estimate of drug-likeness (QED) is 0.869. The summed E-state index contributed by atoms with van der Waals surface area (Å²) in [5.41, 5.74) is 4.20. The van der Waals surface area contributed by atoms with Gasteiger partial charge >= 0.3 is 5.97 Å². The Hall–Kier alpha value is -1.81.